The number of halogens is 3. The van der Waals surface area contributed by atoms with Crippen LogP contribution < -0.4 is 5.32 Å². The van der Waals surface area contributed by atoms with Gasteiger partial charge in [-0.1, -0.05) is 23.4 Å². The summed E-state index contributed by atoms with van der Waals surface area (Å²) < 4.78 is 39.0. The van der Waals surface area contributed by atoms with Crippen molar-refractivity contribution in [1.29, 1.82) is 0 Å². The summed E-state index contributed by atoms with van der Waals surface area (Å²) in [5.41, 5.74) is 0.453. The number of hydrogen-bond donors (Lipinski definition) is 1. The molecule has 1 atom stereocenters. The summed E-state index contributed by atoms with van der Waals surface area (Å²) in [5.74, 6) is 0.227. The summed E-state index contributed by atoms with van der Waals surface area (Å²) in [6.07, 6.45) is -2.76. The molecule has 6 nitrogen and oxygen atoms in total. The van der Waals surface area contributed by atoms with E-state index in [-0.39, 0.29) is 11.9 Å². The minimum atomic E-state index is -4.50. The Morgan fingerprint density at radius 3 is 2.38 bits per heavy atom. The van der Waals surface area contributed by atoms with Crippen LogP contribution in [0, 0.1) is 0 Å². The lowest BCUT2D eigenvalue weighted by Crippen LogP contribution is -2.12. The number of hydrogen-bond acceptors (Lipinski definition) is 5. The Morgan fingerprint density at radius 1 is 1.00 bits per heavy atom. The van der Waals surface area contributed by atoms with E-state index in [1.165, 1.54) is 6.07 Å². The zero-order valence-electron chi connectivity index (χ0n) is 12.6. The van der Waals surface area contributed by atoms with Gasteiger partial charge in [0, 0.05) is 0 Å². The van der Waals surface area contributed by atoms with Crippen LogP contribution in [0.1, 0.15) is 24.4 Å². The second-order valence-corrected chi connectivity index (χ2v) is 5.09. The second kappa shape index (κ2) is 6.26. The van der Waals surface area contributed by atoms with Crippen molar-refractivity contribution in [1.82, 2.24) is 25.2 Å². The molecule has 0 fully saturated rings. The zero-order valence-corrected chi connectivity index (χ0v) is 12.6. The quantitative estimate of drug-likeness (QED) is 0.793. The number of nitrogens with zero attached hydrogens (tertiary/aromatic N) is 5. The van der Waals surface area contributed by atoms with Crippen molar-refractivity contribution >= 4 is 5.82 Å². The van der Waals surface area contributed by atoms with Crippen LogP contribution in [-0.2, 0) is 6.18 Å². The molecule has 0 aliphatic carbocycles. The molecule has 124 valence electrons. The summed E-state index contributed by atoms with van der Waals surface area (Å²) in [7, 11) is 0. The third-order valence-corrected chi connectivity index (χ3v) is 3.29. The van der Waals surface area contributed by atoms with Crippen molar-refractivity contribution < 1.29 is 13.2 Å². The predicted molar refractivity (Wildman–Crippen MR) is 80.4 cm³/mol. The minimum Gasteiger partial charge on any atom is -0.360 e. The lowest BCUT2D eigenvalue weighted by atomic mass is 10.2. The monoisotopic (exact) mass is 334 g/mol. The van der Waals surface area contributed by atoms with Crippen molar-refractivity contribution in [3.8, 4) is 5.69 Å². The molecule has 2 heterocycles. The number of alkyl halides is 3. The second-order valence-electron chi connectivity index (χ2n) is 5.09. The lowest BCUT2D eigenvalue weighted by molar-refractivity contribution is -0.141. The van der Waals surface area contributed by atoms with E-state index < -0.39 is 11.9 Å². The average molecular weight is 334 g/mol. The van der Waals surface area contributed by atoms with Gasteiger partial charge in [0.15, 0.2) is 5.69 Å². The standard InChI is InChI=1S/C15H13F3N6/c1-10(19-14-8-7-13(21-22-14)15(16,17)18)12-9-24(23-20-12)11-5-3-2-4-6-11/h2-10H,1H3,(H,19,22). The van der Waals surface area contributed by atoms with Gasteiger partial charge in [-0.2, -0.15) is 13.2 Å². The third kappa shape index (κ3) is 3.50. The average Bonchev–Trinajstić information content (AvgIpc) is 3.05. The van der Waals surface area contributed by atoms with Gasteiger partial charge < -0.3 is 5.32 Å². The highest BCUT2D eigenvalue weighted by Gasteiger charge is 2.32. The van der Waals surface area contributed by atoms with Gasteiger partial charge in [0.05, 0.1) is 17.9 Å². The summed E-state index contributed by atoms with van der Waals surface area (Å²) in [5, 5.41) is 17.8. The largest absolute Gasteiger partial charge is 0.435 e. The molecule has 0 aliphatic heterocycles. The van der Waals surface area contributed by atoms with Gasteiger partial charge in [0.25, 0.3) is 0 Å². The highest BCUT2D eigenvalue weighted by molar-refractivity contribution is 5.36. The van der Waals surface area contributed by atoms with Crippen LogP contribution in [0.3, 0.4) is 0 Å². The number of benzene rings is 1. The maximum Gasteiger partial charge on any atom is 0.435 e. The van der Waals surface area contributed by atoms with E-state index in [9.17, 15) is 13.2 Å². The van der Waals surface area contributed by atoms with Gasteiger partial charge in [-0.05, 0) is 31.2 Å². The molecule has 0 saturated carbocycles. The fourth-order valence-corrected chi connectivity index (χ4v) is 2.04. The van der Waals surface area contributed by atoms with Gasteiger partial charge in [-0.3, -0.25) is 0 Å². The normalized spacial score (nSPS) is 12.8. The lowest BCUT2D eigenvalue weighted by Gasteiger charge is -2.11. The highest BCUT2D eigenvalue weighted by atomic mass is 19.4. The number of anilines is 1. The van der Waals surface area contributed by atoms with Crippen LogP contribution in [0.5, 0.6) is 0 Å². The van der Waals surface area contributed by atoms with Crippen LogP contribution in [-0.4, -0.2) is 25.2 Å². The molecule has 0 radical (unpaired) electrons. The van der Waals surface area contributed by atoms with Crippen molar-refractivity contribution in [2.45, 2.75) is 19.1 Å². The minimum absolute atomic E-state index is 0.227. The predicted octanol–water partition coefficient (Wildman–Crippen LogP) is 3.25. The number of rotatable bonds is 4. The van der Waals surface area contributed by atoms with E-state index in [0.717, 1.165) is 11.8 Å². The molecule has 0 amide bonds. The van der Waals surface area contributed by atoms with E-state index >= 15 is 0 Å². The van der Waals surface area contributed by atoms with Crippen LogP contribution in [0.15, 0.2) is 48.7 Å². The Labute approximate surface area is 135 Å². The van der Waals surface area contributed by atoms with Gasteiger partial charge >= 0.3 is 6.18 Å². The molecule has 0 aliphatic rings. The molecule has 1 aromatic carbocycles. The molecule has 3 aromatic rings. The van der Waals surface area contributed by atoms with Gasteiger partial charge in [0.1, 0.15) is 11.5 Å². The van der Waals surface area contributed by atoms with Crippen molar-refractivity contribution in [3.05, 3.63) is 60.0 Å². The zero-order chi connectivity index (χ0) is 17.2. The molecule has 1 N–H and O–H groups in total. The molecule has 3 rings (SSSR count). The first kappa shape index (κ1) is 15.9. The molecule has 1 unspecified atom stereocenters. The Balaban J connectivity index is 1.71. The van der Waals surface area contributed by atoms with Gasteiger partial charge in [-0.25, -0.2) is 4.68 Å². The Kier molecular flexibility index (Phi) is 4.15. The number of aromatic nitrogens is 5. The fourth-order valence-electron chi connectivity index (χ4n) is 2.04. The summed E-state index contributed by atoms with van der Waals surface area (Å²) in [6, 6.07) is 11.3. The van der Waals surface area contributed by atoms with E-state index in [4.69, 9.17) is 0 Å². The topological polar surface area (TPSA) is 68.5 Å². The Bertz CT molecular complexity index is 798. The van der Waals surface area contributed by atoms with Crippen molar-refractivity contribution in [2.75, 3.05) is 5.32 Å². The van der Waals surface area contributed by atoms with Gasteiger partial charge in [-0.15, -0.1) is 15.3 Å². The molecule has 0 spiro atoms. The third-order valence-electron chi connectivity index (χ3n) is 3.29. The molecule has 9 heteroatoms. The summed E-state index contributed by atoms with van der Waals surface area (Å²) in [4.78, 5) is 0. The van der Waals surface area contributed by atoms with Crippen LogP contribution in [0.2, 0.25) is 0 Å². The number of nitrogens with one attached hydrogen (secondary N) is 1. The van der Waals surface area contributed by atoms with E-state index in [1.54, 1.807) is 17.8 Å². The molecule has 2 aromatic heterocycles. The highest BCUT2D eigenvalue weighted by Crippen LogP contribution is 2.27. The number of para-hydroxylation sites is 1. The van der Waals surface area contributed by atoms with E-state index in [1.807, 2.05) is 30.3 Å². The maximum absolute atomic E-state index is 12.5. The Morgan fingerprint density at radius 2 is 1.75 bits per heavy atom. The fraction of sp³-hybridized carbons (Fsp3) is 0.200. The molecule has 24 heavy (non-hydrogen) atoms. The molecule has 0 saturated heterocycles. The Hall–Kier alpha value is -2.97. The van der Waals surface area contributed by atoms with Gasteiger partial charge in [0.2, 0.25) is 0 Å². The van der Waals surface area contributed by atoms with Crippen LogP contribution >= 0.6 is 0 Å². The molecule has 0 bridgehead atoms. The van der Waals surface area contributed by atoms with Crippen LogP contribution in [0.4, 0.5) is 19.0 Å². The van der Waals surface area contributed by atoms with Crippen molar-refractivity contribution in [3.63, 3.8) is 0 Å². The molecular formula is C15H13F3N6. The summed E-state index contributed by atoms with van der Waals surface area (Å²) in [6.45, 7) is 1.80. The SMILES string of the molecule is CC(Nc1ccc(C(F)(F)F)nn1)c1cn(-c2ccccc2)nn1. The first-order valence-electron chi connectivity index (χ1n) is 7.08. The first-order valence-corrected chi connectivity index (χ1v) is 7.08. The summed E-state index contributed by atoms with van der Waals surface area (Å²) >= 11 is 0. The maximum atomic E-state index is 12.5. The smallest absolute Gasteiger partial charge is 0.360 e. The van der Waals surface area contributed by atoms with Crippen molar-refractivity contribution in [2.24, 2.45) is 0 Å². The molecular weight excluding hydrogens is 321 g/mol. The van der Waals surface area contributed by atoms with Crippen LogP contribution in [0.25, 0.3) is 5.69 Å². The van der Waals surface area contributed by atoms with E-state index in [0.29, 0.717) is 5.69 Å². The first-order chi connectivity index (χ1) is 11.4. The van der Waals surface area contributed by atoms with E-state index in [2.05, 4.69) is 25.8 Å².